The first-order valence-electron chi connectivity index (χ1n) is 8.67. The molecule has 3 aromatic rings. The Bertz CT molecular complexity index is 1000. The summed E-state index contributed by atoms with van der Waals surface area (Å²) in [6.07, 6.45) is 2.15. The van der Waals surface area contributed by atoms with Gasteiger partial charge < -0.3 is 5.32 Å². The Morgan fingerprint density at radius 1 is 1.00 bits per heavy atom. The summed E-state index contributed by atoms with van der Waals surface area (Å²) in [5.41, 5.74) is 1.84. The molecule has 0 saturated heterocycles. The Morgan fingerprint density at radius 3 is 2.29 bits per heavy atom. The minimum absolute atomic E-state index is 0.267. The van der Waals surface area contributed by atoms with Crippen LogP contribution >= 0.6 is 0 Å². The van der Waals surface area contributed by atoms with Gasteiger partial charge in [0.2, 0.25) is 0 Å². The van der Waals surface area contributed by atoms with E-state index in [0.717, 1.165) is 30.5 Å². The summed E-state index contributed by atoms with van der Waals surface area (Å²) in [4.78, 5) is 25.2. The first-order valence-corrected chi connectivity index (χ1v) is 8.67. The number of aromatic nitrogens is 3. The molecule has 1 amide bonds. The minimum Gasteiger partial charge on any atom is -0.321 e. The van der Waals surface area contributed by atoms with Crippen LogP contribution in [-0.4, -0.2) is 20.9 Å². The normalized spacial score (nSPS) is 14.0. The molecule has 0 radical (unpaired) electrons. The van der Waals surface area contributed by atoms with E-state index in [9.17, 15) is 18.0 Å². The summed E-state index contributed by atoms with van der Waals surface area (Å²) in [7, 11) is 0. The zero-order valence-corrected chi connectivity index (χ0v) is 14.6. The topological polar surface area (TPSA) is 67.8 Å². The number of nitrogens with one attached hydrogen (secondary N) is 1. The van der Waals surface area contributed by atoms with Crippen LogP contribution in [0.4, 0.5) is 18.9 Å². The maximum absolute atomic E-state index is 12.8. The van der Waals surface area contributed by atoms with Crippen LogP contribution in [0.2, 0.25) is 0 Å². The van der Waals surface area contributed by atoms with E-state index in [1.54, 1.807) is 12.4 Å². The van der Waals surface area contributed by atoms with Gasteiger partial charge in [-0.05, 0) is 54.7 Å². The van der Waals surface area contributed by atoms with Crippen LogP contribution in [0, 0.1) is 0 Å². The van der Waals surface area contributed by atoms with Crippen LogP contribution in [0.5, 0.6) is 0 Å². The number of hydrogen-bond donors (Lipinski definition) is 1. The van der Waals surface area contributed by atoms with E-state index >= 15 is 0 Å². The maximum Gasteiger partial charge on any atom is 0.416 e. The van der Waals surface area contributed by atoms with Crippen molar-refractivity contribution < 1.29 is 18.0 Å². The molecule has 0 aliphatic heterocycles. The molecule has 5 nitrogen and oxygen atoms in total. The van der Waals surface area contributed by atoms with Gasteiger partial charge in [0.1, 0.15) is 12.0 Å². The summed E-state index contributed by atoms with van der Waals surface area (Å²) in [5.74, 6) is -0.178. The number of amides is 1. The second kappa shape index (κ2) is 7.03. The molecule has 1 aliphatic carbocycles. The lowest BCUT2D eigenvalue weighted by Crippen LogP contribution is -2.16. The first kappa shape index (κ1) is 18.1. The molecule has 1 N–H and O–H groups in total. The van der Waals surface area contributed by atoms with Crippen molar-refractivity contribution in [1.29, 1.82) is 0 Å². The molecular formula is C20H15F3N4O. The summed E-state index contributed by atoms with van der Waals surface area (Å²) in [6.45, 7) is 0. The molecule has 4 rings (SSSR count). The van der Waals surface area contributed by atoms with E-state index in [4.69, 9.17) is 0 Å². The monoisotopic (exact) mass is 384 g/mol. The Kier molecular flexibility index (Phi) is 4.54. The minimum atomic E-state index is -4.42. The summed E-state index contributed by atoms with van der Waals surface area (Å²) < 4.78 is 38.1. The number of hydrogen-bond acceptors (Lipinski definition) is 4. The quantitative estimate of drug-likeness (QED) is 0.709. The zero-order valence-electron chi connectivity index (χ0n) is 14.6. The van der Waals surface area contributed by atoms with Crippen molar-refractivity contribution in [3.8, 4) is 11.3 Å². The van der Waals surface area contributed by atoms with Crippen molar-refractivity contribution in [2.45, 2.75) is 24.9 Å². The van der Waals surface area contributed by atoms with Crippen LogP contribution in [0.3, 0.4) is 0 Å². The van der Waals surface area contributed by atoms with E-state index < -0.39 is 17.6 Å². The molecule has 1 saturated carbocycles. The third-order valence-corrected chi connectivity index (χ3v) is 4.49. The Balaban J connectivity index is 1.62. The van der Waals surface area contributed by atoms with Gasteiger partial charge >= 0.3 is 6.18 Å². The fraction of sp³-hybridized carbons (Fsp3) is 0.200. The number of carbonyl (C=O) groups excluding carboxylic acids is 1. The second-order valence-electron chi connectivity index (χ2n) is 6.56. The third-order valence-electron chi connectivity index (χ3n) is 4.49. The summed E-state index contributed by atoms with van der Waals surface area (Å²) >= 11 is 0. The number of benzene rings is 1. The van der Waals surface area contributed by atoms with Crippen molar-refractivity contribution >= 4 is 11.6 Å². The molecule has 142 valence electrons. The van der Waals surface area contributed by atoms with E-state index in [1.807, 2.05) is 12.1 Å². The Hall–Kier alpha value is -3.29. The van der Waals surface area contributed by atoms with Crippen molar-refractivity contribution in [3.63, 3.8) is 0 Å². The predicted molar refractivity (Wildman–Crippen MR) is 96.6 cm³/mol. The molecule has 1 aliphatic rings. The number of halogens is 3. The van der Waals surface area contributed by atoms with Crippen molar-refractivity contribution in [1.82, 2.24) is 15.0 Å². The van der Waals surface area contributed by atoms with Crippen molar-refractivity contribution in [2.75, 3.05) is 5.32 Å². The first-order chi connectivity index (χ1) is 13.4. The fourth-order valence-corrected chi connectivity index (χ4v) is 2.90. The van der Waals surface area contributed by atoms with Crippen LogP contribution in [-0.2, 0) is 6.18 Å². The molecule has 0 bridgehead atoms. The lowest BCUT2D eigenvalue weighted by Gasteiger charge is -2.12. The van der Waals surface area contributed by atoms with E-state index in [2.05, 4.69) is 20.3 Å². The van der Waals surface area contributed by atoms with Crippen LogP contribution in [0.1, 0.15) is 40.4 Å². The Morgan fingerprint density at radius 2 is 1.68 bits per heavy atom. The predicted octanol–water partition coefficient (Wildman–Crippen LogP) is 4.69. The van der Waals surface area contributed by atoms with Crippen LogP contribution in [0.15, 0.2) is 55.1 Å². The average Bonchev–Trinajstić information content (AvgIpc) is 3.53. The second-order valence-corrected chi connectivity index (χ2v) is 6.56. The highest BCUT2D eigenvalue weighted by atomic mass is 19.4. The highest BCUT2D eigenvalue weighted by Gasteiger charge is 2.31. The molecule has 2 heterocycles. The van der Waals surface area contributed by atoms with Gasteiger partial charge in [-0.15, -0.1) is 0 Å². The molecule has 0 atom stereocenters. The van der Waals surface area contributed by atoms with Gasteiger partial charge in [-0.2, -0.15) is 13.2 Å². The van der Waals surface area contributed by atoms with Crippen LogP contribution in [0.25, 0.3) is 11.3 Å². The van der Waals surface area contributed by atoms with Gasteiger partial charge in [0.15, 0.2) is 0 Å². The highest BCUT2D eigenvalue weighted by molar-refractivity contribution is 6.04. The standard InChI is InChI=1S/C20H15F3N4O/c21-20(22,23)14-3-5-15(6-4-14)26-19(28)18-16(12-1-2-12)7-8-17(27-18)13-9-24-11-25-10-13/h3-12H,1-2H2,(H,26,28). The molecule has 1 fully saturated rings. The SMILES string of the molecule is O=C(Nc1ccc(C(F)(F)F)cc1)c1nc(-c2cncnc2)ccc1C1CC1. The highest BCUT2D eigenvalue weighted by Crippen LogP contribution is 2.42. The van der Waals surface area contributed by atoms with E-state index in [-0.39, 0.29) is 17.3 Å². The lowest BCUT2D eigenvalue weighted by atomic mass is 10.1. The number of pyridine rings is 1. The molecule has 1 aromatic carbocycles. The maximum atomic E-state index is 12.8. The summed E-state index contributed by atoms with van der Waals surface area (Å²) in [6, 6.07) is 8.01. The van der Waals surface area contributed by atoms with Gasteiger partial charge in [0.05, 0.1) is 11.3 Å². The van der Waals surface area contributed by atoms with Crippen molar-refractivity contribution in [2.24, 2.45) is 0 Å². The number of rotatable bonds is 4. The number of carbonyl (C=O) groups is 1. The molecular weight excluding hydrogens is 369 g/mol. The molecule has 28 heavy (non-hydrogen) atoms. The van der Waals surface area contributed by atoms with Gasteiger partial charge in [0.25, 0.3) is 5.91 Å². The Labute approximate surface area is 158 Å². The third kappa shape index (κ3) is 3.85. The van der Waals surface area contributed by atoms with Gasteiger partial charge in [-0.1, -0.05) is 6.07 Å². The van der Waals surface area contributed by atoms with E-state index in [1.165, 1.54) is 18.5 Å². The smallest absolute Gasteiger partial charge is 0.321 e. The average molecular weight is 384 g/mol. The molecule has 0 spiro atoms. The molecule has 2 aromatic heterocycles. The largest absolute Gasteiger partial charge is 0.416 e. The number of anilines is 1. The van der Waals surface area contributed by atoms with Gasteiger partial charge in [-0.25, -0.2) is 15.0 Å². The van der Waals surface area contributed by atoms with Gasteiger partial charge in [-0.3, -0.25) is 4.79 Å². The number of alkyl halides is 3. The molecule has 0 unspecified atom stereocenters. The van der Waals surface area contributed by atoms with Crippen molar-refractivity contribution in [3.05, 3.63) is 71.9 Å². The zero-order chi connectivity index (χ0) is 19.7. The van der Waals surface area contributed by atoms with Gasteiger partial charge in [0, 0.05) is 23.6 Å². The summed E-state index contributed by atoms with van der Waals surface area (Å²) in [5, 5.41) is 2.64. The fourth-order valence-electron chi connectivity index (χ4n) is 2.90. The molecule has 8 heteroatoms. The lowest BCUT2D eigenvalue weighted by molar-refractivity contribution is -0.137. The number of nitrogens with zero attached hydrogens (tertiary/aromatic N) is 3. The van der Waals surface area contributed by atoms with Crippen LogP contribution < -0.4 is 5.32 Å². The van der Waals surface area contributed by atoms with E-state index in [0.29, 0.717) is 11.3 Å².